The van der Waals surface area contributed by atoms with Crippen molar-refractivity contribution in [3.05, 3.63) is 12.0 Å². The lowest BCUT2D eigenvalue weighted by Crippen LogP contribution is -2.24. The summed E-state index contributed by atoms with van der Waals surface area (Å²) >= 11 is 0. The highest BCUT2D eigenvalue weighted by molar-refractivity contribution is 5.64. The molecule has 0 atom stereocenters. The lowest BCUT2D eigenvalue weighted by atomic mass is 9.95. The second kappa shape index (κ2) is 3.16. The molecule has 0 aromatic heterocycles. The summed E-state index contributed by atoms with van der Waals surface area (Å²) < 4.78 is 5.29. The maximum Gasteiger partial charge on any atom is 0.429 e. The van der Waals surface area contributed by atoms with Crippen LogP contribution in [0.4, 0.5) is 4.79 Å². The Hall–Kier alpha value is -1.39. The van der Waals surface area contributed by atoms with Gasteiger partial charge < -0.3 is 15.3 Å². The fraction of sp³-hybridized carbons (Fsp3) is 0.625. The van der Waals surface area contributed by atoms with Crippen molar-refractivity contribution in [1.29, 1.82) is 0 Å². The van der Waals surface area contributed by atoms with Gasteiger partial charge in [-0.25, -0.2) is 4.79 Å². The molecular formula is C8H14N2O3. The average molecular weight is 186 g/mol. The van der Waals surface area contributed by atoms with Crippen molar-refractivity contribution in [2.24, 2.45) is 11.1 Å². The quantitative estimate of drug-likeness (QED) is 0.667. The zero-order valence-electron chi connectivity index (χ0n) is 8.03. The molecule has 13 heavy (non-hydrogen) atoms. The predicted octanol–water partition coefficient (Wildman–Crippen LogP) is 1.17. The zero-order chi connectivity index (χ0) is 10.1. The molecule has 1 amide bonds. The molecule has 0 bridgehead atoms. The maximum absolute atomic E-state index is 10.4. The zero-order valence-corrected chi connectivity index (χ0v) is 8.03. The van der Waals surface area contributed by atoms with E-state index in [-0.39, 0.29) is 12.1 Å². The summed E-state index contributed by atoms with van der Waals surface area (Å²) in [5, 5.41) is 1.27. The number of amides is 1. The largest absolute Gasteiger partial charge is 0.472 e. The highest BCUT2D eigenvalue weighted by Gasteiger charge is 2.26. The molecule has 0 fully saturated rings. The Morgan fingerprint density at radius 3 is 2.69 bits per heavy atom. The normalized spacial score (nSPS) is 16.5. The first-order valence-electron chi connectivity index (χ1n) is 3.99. The number of hydrogen-bond donors (Lipinski definition) is 1. The van der Waals surface area contributed by atoms with Gasteiger partial charge in [-0.05, 0) is 0 Å². The lowest BCUT2D eigenvalue weighted by Gasteiger charge is -2.17. The van der Waals surface area contributed by atoms with Gasteiger partial charge in [0.05, 0.1) is 6.20 Å². The van der Waals surface area contributed by atoms with Gasteiger partial charge in [-0.1, -0.05) is 20.8 Å². The second-order valence-corrected chi connectivity index (χ2v) is 3.84. The van der Waals surface area contributed by atoms with E-state index in [1.807, 2.05) is 20.8 Å². The van der Waals surface area contributed by atoms with Crippen LogP contribution in [0.5, 0.6) is 0 Å². The van der Waals surface area contributed by atoms with Crippen molar-refractivity contribution in [1.82, 2.24) is 5.06 Å². The van der Waals surface area contributed by atoms with E-state index in [0.29, 0.717) is 0 Å². The number of nitrogens with two attached hydrogens (primary N) is 1. The van der Waals surface area contributed by atoms with Gasteiger partial charge in [0.25, 0.3) is 0 Å². The summed E-state index contributed by atoms with van der Waals surface area (Å²) in [6.45, 7) is 6.22. The third-order valence-electron chi connectivity index (χ3n) is 1.55. The molecule has 5 nitrogen and oxygen atoms in total. The molecule has 0 radical (unpaired) electrons. The van der Waals surface area contributed by atoms with Gasteiger partial charge in [-0.3, -0.25) is 0 Å². The van der Waals surface area contributed by atoms with Crippen LogP contribution in [-0.4, -0.2) is 17.9 Å². The number of nitrogens with zero attached hydrogens (tertiary/aromatic N) is 1. The molecule has 0 aromatic rings. The van der Waals surface area contributed by atoms with Gasteiger partial charge in [-0.2, -0.15) is 5.06 Å². The summed E-state index contributed by atoms with van der Waals surface area (Å²) in [6, 6.07) is 0. The number of allylic oxidation sites excluding steroid dienone is 1. The number of primary amides is 1. The van der Waals surface area contributed by atoms with Crippen molar-refractivity contribution in [2.75, 3.05) is 6.73 Å². The monoisotopic (exact) mass is 186 g/mol. The van der Waals surface area contributed by atoms with Gasteiger partial charge in [0.15, 0.2) is 6.73 Å². The van der Waals surface area contributed by atoms with Crippen LogP contribution < -0.4 is 5.73 Å². The van der Waals surface area contributed by atoms with Crippen LogP contribution in [0, 0.1) is 5.41 Å². The third-order valence-corrected chi connectivity index (χ3v) is 1.55. The Labute approximate surface area is 77.0 Å². The Kier molecular flexibility index (Phi) is 2.36. The molecule has 74 valence electrons. The average Bonchev–Trinajstić information content (AvgIpc) is 2.32. The molecule has 1 aliphatic heterocycles. The van der Waals surface area contributed by atoms with Crippen LogP contribution in [0.2, 0.25) is 0 Å². The second-order valence-electron chi connectivity index (χ2n) is 3.84. The molecule has 0 saturated heterocycles. The van der Waals surface area contributed by atoms with Gasteiger partial charge in [0.1, 0.15) is 5.76 Å². The maximum atomic E-state index is 10.4. The number of hydrogen-bond acceptors (Lipinski definition) is 4. The predicted molar refractivity (Wildman–Crippen MR) is 46.0 cm³/mol. The van der Waals surface area contributed by atoms with Crippen LogP contribution >= 0.6 is 0 Å². The number of rotatable bonds is 1. The Bertz CT molecular complexity index is 242. The molecule has 0 aliphatic carbocycles. The highest BCUT2D eigenvalue weighted by atomic mass is 16.7. The molecule has 1 rings (SSSR count). The lowest BCUT2D eigenvalue weighted by molar-refractivity contribution is -0.0884. The van der Waals surface area contributed by atoms with E-state index < -0.39 is 6.09 Å². The van der Waals surface area contributed by atoms with Gasteiger partial charge in [-0.15, -0.1) is 0 Å². The van der Waals surface area contributed by atoms with Crippen molar-refractivity contribution >= 4 is 6.09 Å². The Morgan fingerprint density at radius 1 is 1.69 bits per heavy atom. The van der Waals surface area contributed by atoms with E-state index in [0.717, 1.165) is 5.76 Å². The van der Waals surface area contributed by atoms with Crippen LogP contribution in [0.1, 0.15) is 20.8 Å². The van der Waals surface area contributed by atoms with Crippen molar-refractivity contribution in [3.63, 3.8) is 0 Å². The minimum absolute atomic E-state index is 0.0875. The first-order chi connectivity index (χ1) is 5.89. The SMILES string of the molecule is CC(C)(C)C1=CN(OC(N)=O)CO1. The molecule has 0 unspecified atom stereocenters. The number of carbonyl (C=O) groups excluding carboxylic acids is 1. The first kappa shape index (κ1) is 9.70. The topological polar surface area (TPSA) is 64.8 Å². The fourth-order valence-corrected chi connectivity index (χ4v) is 0.917. The standard InChI is InChI=1S/C8H14N2O3/c1-8(2,3)6-4-10(5-12-6)13-7(9)11/h4H,5H2,1-3H3,(H2,9,11). The summed E-state index contributed by atoms with van der Waals surface area (Å²) in [5.41, 5.74) is 4.75. The Balaban J connectivity index is 2.59. The van der Waals surface area contributed by atoms with Gasteiger partial charge in [0, 0.05) is 5.41 Å². The van der Waals surface area contributed by atoms with Crippen LogP contribution in [0.3, 0.4) is 0 Å². The van der Waals surface area contributed by atoms with E-state index in [1.165, 1.54) is 5.06 Å². The molecule has 5 heteroatoms. The molecule has 0 saturated carbocycles. The van der Waals surface area contributed by atoms with E-state index >= 15 is 0 Å². The van der Waals surface area contributed by atoms with E-state index in [1.54, 1.807) is 6.20 Å². The number of ether oxygens (including phenoxy) is 1. The van der Waals surface area contributed by atoms with Crippen LogP contribution in [-0.2, 0) is 9.57 Å². The van der Waals surface area contributed by atoms with E-state index in [2.05, 4.69) is 4.84 Å². The molecular weight excluding hydrogens is 172 g/mol. The summed E-state index contributed by atoms with van der Waals surface area (Å²) in [7, 11) is 0. The fourth-order valence-electron chi connectivity index (χ4n) is 0.917. The van der Waals surface area contributed by atoms with Crippen LogP contribution in [0.15, 0.2) is 12.0 Å². The third kappa shape index (κ3) is 2.54. The summed E-state index contributed by atoms with van der Waals surface area (Å²) in [4.78, 5) is 15.0. The molecule has 1 heterocycles. The smallest absolute Gasteiger partial charge is 0.429 e. The molecule has 0 aromatic carbocycles. The number of carbonyl (C=O) groups is 1. The van der Waals surface area contributed by atoms with Crippen molar-refractivity contribution in [3.8, 4) is 0 Å². The Morgan fingerprint density at radius 2 is 2.31 bits per heavy atom. The number of hydroxylamine groups is 2. The van der Waals surface area contributed by atoms with Gasteiger partial charge >= 0.3 is 6.09 Å². The van der Waals surface area contributed by atoms with Crippen molar-refractivity contribution in [2.45, 2.75) is 20.8 Å². The minimum atomic E-state index is -0.838. The van der Waals surface area contributed by atoms with E-state index in [4.69, 9.17) is 10.5 Å². The van der Waals surface area contributed by atoms with Crippen molar-refractivity contribution < 1.29 is 14.4 Å². The minimum Gasteiger partial charge on any atom is -0.472 e. The summed E-state index contributed by atoms with van der Waals surface area (Å²) in [5.74, 6) is 0.772. The molecule has 1 aliphatic rings. The summed E-state index contributed by atoms with van der Waals surface area (Å²) in [6.07, 6.45) is 0.792. The van der Waals surface area contributed by atoms with Gasteiger partial charge in [0.2, 0.25) is 0 Å². The van der Waals surface area contributed by atoms with Crippen LogP contribution in [0.25, 0.3) is 0 Å². The molecule has 0 spiro atoms. The molecule has 2 N–H and O–H groups in total. The van der Waals surface area contributed by atoms with E-state index in [9.17, 15) is 4.79 Å². The first-order valence-corrected chi connectivity index (χ1v) is 3.99. The highest BCUT2D eigenvalue weighted by Crippen LogP contribution is 2.29.